The molecule has 0 radical (unpaired) electrons. The molecule has 5 heteroatoms. The molecule has 1 aliphatic rings. The largest absolute Gasteiger partial charge is 0.404 e. The standard InChI is InChI=1S/C44H47NO2SSi/c1-35(46)48-42-30-32-45(44(37-20-10-5-11-21-37,38-22-12-6-13-23-38)39-24-14-7-15-25-39)34-36(42)31-33-47-49(43(2,3)4,40-26-16-8-17-27-40)41-28-18-9-19-29-41/h5-29,31,42H,30,32-34H2,1-4H3. The van der Waals surface area contributed by atoms with Crippen LogP contribution >= 0.6 is 11.8 Å². The van der Waals surface area contributed by atoms with E-state index in [2.05, 4.69) is 183 Å². The van der Waals surface area contributed by atoms with Crippen molar-refractivity contribution in [3.05, 3.63) is 180 Å². The lowest BCUT2D eigenvalue weighted by Gasteiger charge is -2.49. The van der Waals surface area contributed by atoms with Gasteiger partial charge in [-0.3, -0.25) is 9.69 Å². The number of benzene rings is 5. The monoisotopic (exact) mass is 681 g/mol. The van der Waals surface area contributed by atoms with Crippen molar-refractivity contribution >= 4 is 35.6 Å². The zero-order chi connectivity index (χ0) is 34.3. The third-order valence-electron chi connectivity index (χ3n) is 9.87. The lowest BCUT2D eigenvalue weighted by Crippen LogP contribution is -2.66. The second-order valence-electron chi connectivity index (χ2n) is 13.9. The second kappa shape index (κ2) is 15.3. The van der Waals surface area contributed by atoms with Crippen molar-refractivity contribution in [3.8, 4) is 0 Å². The Labute approximate surface area is 298 Å². The molecule has 0 saturated carbocycles. The first-order valence-electron chi connectivity index (χ1n) is 17.3. The summed E-state index contributed by atoms with van der Waals surface area (Å²) in [5, 5.41) is 2.66. The summed E-state index contributed by atoms with van der Waals surface area (Å²) in [5.74, 6) is 0. The Bertz CT molecular complexity index is 1690. The fourth-order valence-electron chi connectivity index (χ4n) is 7.80. The second-order valence-corrected chi connectivity index (χ2v) is 19.6. The van der Waals surface area contributed by atoms with Gasteiger partial charge in [-0.15, -0.1) is 0 Å². The van der Waals surface area contributed by atoms with Crippen molar-refractivity contribution in [2.75, 3.05) is 19.7 Å². The number of likely N-dealkylation sites (tertiary alicyclic amines) is 1. The molecule has 0 bridgehead atoms. The molecular formula is C44H47NO2SSi. The van der Waals surface area contributed by atoms with E-state index in [1.807, 2.05) is 0 Å². The maximum absolute atomic E-state index is 12.6. The van der Waals surface area contributed by atoms with Crippen LogP contribution in [0.25, 0.3) is 0 Å². The lowest BCUT2D eigenvalue weighted by atomic mass is 9.74. The highest BCUT2D eigenvalue weighted by Crippen LogP contribution is 2.45. The normalized spacial score (nSPS) is 16.8. The van der Waals surface area contributed by atoms with Gasteiger partial charge in [-0.1, -0.05) is 190 Å². The van der Waals surface area contributed by atoms with Gasteiger partial charge in [-0.05, 0) is 44.1 Å². The molecule has 1 heterocycles. The maximum atomic E-state index is 12.6. The third kappa shape index (κ3) is 7.04. The summed E-state index contributed by atoms with van der Waals surface area (Å²) in [7, 11) is -2.73. The lowest BCUT2D eigenvalue weighted by molar-refractivity contribution is -0.109. The van der Waals surface area contributed by atoms with E-state index < -0.39 is 13.9 Å². The molecule has 0 aliphatic carbocycles. The van der Waals surface area contributed by atoms with Crippen molar-refractivity contribution in [3.63, 3.8) is 0 Å². The Kier molecular flexibility index (Phi) is 10.9. The number of carbonyl (C=O) groups is 1. The van der Waals surface area contributed by atoms with Crippen LogP contribution in [0.1, 0.15) is 50.8 Å². The predicted octanol–water partition coefficient (Wildman–Crippen LogP) is 8.84. The van der Waals surface area contributed by atoms with Crippen molar-refractivity contribution in [2.24, 2.45) is 0 Å². The van der Waals surface area contributed by atoms with Crippen molar-refractivity contribution in [1.29, 1.82) is 0 Å². The van der Waals surface area contributed by atoms with Crippen LogP contribution in [0.2, 0.25) is 5.04 Å². The molecule has 1 unspecified atom stereocenters. The van der Waals surface area contributed by atoms with E-state index in [0.29, 0.717) is 13.2 Å². The van der Waals surface area contributed by atoms with Gasteiger partial charge in [-0.25, -0.2) is 0 Å². The van der Waals surface area contributed by atoms with E-state index in [-0.39, 0.29) is 15.4 Å². The molecule has 5 aromatic carbocycles. The van der Waals surface area contributed by atoms with Gasteiger partial charge in [0.2, 0.25) is 0 Å². The first kappa shape index (κ1) is 34.8. The summed E-state index contributed by atoms with van der Waals surface area (Å²) in [6.07, 6.45) is 3.17. The Balaban J connectivity index is 1.45. The minimum absolute atomic E-state index is 0.0940. The fraction of sp³-hybridized carbons (Fsp3) is 0.250. The van der Waals surface area contributed by atoms with Gasteiger partial charge in [0, 0.05) is 25.3 Å². The van der Waals surface area contributed by atoms with Gasteiger partial charge in [0.25, 0.3) is 8.32 Å². The SMILES string of the molecule is CC(=O)SC1CCN(C(c2ccccc2)(c2ccccc2)c2ccccc2)CC1=CCO[Si](c1ccccc1)(c1ccccc1)C(C)(C)C. The van der Waals surface area contributed by atoms with Gasteiger partial charge < -0.3 is 4.43 Å². The predicted molar refractivity (Wildman–Crippen MR) is 209 cm³/mol. The van der Waals surface area contributed by atoms with Crippen molar-refractivity contribution in [2.45, 2.75) is 49.9 Å². The van der Waals surface area contributed by atoms with Crippen LogP contribution < -0.4 is 10.4 Å². The summed E-state index contributed by atoms with van der Waals surface area (Å²) in [6.45, 7) is 10.7. The first-order chi connectivity index (χ1) is 23.8. The van der Waals surface area contributed by atoms with Crippen LogP contribution in [0.5, 0.6) is 0 Å². The molecule has 0 spiro atoms. The molecule has 0 aromatic heterocycles. The van der Waals surface area contributed by atoms with Gasteiger partial charge in [0.1, 0.15) is 0 Å². The van der Waals surface area contributed by atoms with Crippen LogP contribution in [0.15, 0.2) is 163 Å². The average Bonchev–Trinajstić information content (AvgIpc) is 3.13. The summed E-state index contributed by atoms with van der Waals surface area (Å²) in [6, 6.07) is 54.3. The smallest absolute Gasteiger partial charge is 0.261 e. The Morgan fingerprint density at radius 1 is 0.714 bits per heavy atom. The van der Waals surface area contributed by atoms with Crippen molar-refractivity contribution < 1.29 is 9.22 Å². The van der Waals surface area contributed by atoms with Crippen LogP contribution in [-0.2, 0) is 14.8 Å². The maximum Gasteiger partial charge on any atom is 0.261 e. The van der Waals surface area contributed by atoms with Crippen molar-refractivity contribution in [1.82, 2.24) is 4.90 Å². The minimum Gasteiger partial charge on any atom is -0.404 e. The van der Waals surface area contributed by atoms with Gasteiger partial charge >= 0.3 is 0 Å². The molecule has 1 saturated heterocycles. The van der Waals surface area contributed by atoms with E-state index in [9.17, 15) is 4.79 Å². The van der Waals surface area contributed by atoms with Gasteiger partial charge in [0.15, 0.2) is 5.12 Å². The molecule has 0 N–H and O–H groups in total. The summed E-state index contributed by atoms with van der Waals surface area (Å²) < 4.78 is 7.35. The number of thioether (sulfide) groups is 1. The zero-order valence-corrected chi connectivity index (χ0v) is 30.9. The van der Waals surface area contributed by atoms with Gasteiger partial charge in [-0.2, -0.15) is 0 Å². The fourth-order valence-corrected chi connectivity index (χ4v) is 13.2. The molecular weight excluding hydrogens is 635 g/mol. The molecule has 5 aromatic rings. The minimum atomic E-state index is -2.73. The first-order valence-corrected chi connectivity index (χ1v) is 20.1. The third-order valence-corrected chi connectivity index (χ3v) is 16.0. The summed E-state index contributed by atoms with van der Waals surface area (Å²) >= 11 is 1.46. The number of hydrogen-bond donors (Lipinski definition) is 0. The van der Waals surface area contributed by atoms with E-state index in [1.165, 1.54) is 44.4 Å². The number of piperidine rings is 1. The highest BCUT2D eigenvalue weighted by molar-refractivity contribution is 8.14. The molecule has 49 heavy (non-hydrogen) atoms. The van der Waals surface area contributed by atoms with E-state index in [1.54, 1.807) is 6.92 Å². The Morgan fingerprint density at radius 2 is 1.12 bits per heavy atom. The number of nitrogens with zero attached hydrogens (tertiary/aromatic N) is 1. The van der Waals surface area contributed by atoms with E-state index in [4.69, 9.17) is 4.43 Å². The number of carbonyl (C=O) groups excluding carboxylic acids is 1. The van der Waals surface area contributed by atoms with E-state index in [0.717, 1.165) is 13.0 Å². The average molecular weight is 682 g/mol. The molecule has 3 nitrogen and oxygen atoms in total. The summed E-state index contributed by atoms with van der Waals surface area (Å²) in [4.78, 5) is 15.3. The molecule has 1 aliphatic heterocycles. The molecule has 1 fully saturated rings. The molecule has 6 rings (SSSR count). The number of hydrogen-bond acceptors (Lipinski definition) is 4. The van der Waals surface area contributed by atoms with Crippen LogP contribution in [0, 0.1) is 0 Å². The Hall–Kier alpha value is -4.00. The molecule has 250 valence electrons. The van der Waals surface area contributed by atoms with Crippen LogP contribution in [0.4, 0.5) is 0 Å². The van der Waals surface area contributed by atoms with Crippen LogP contribution in [0.3, 0.4) is 0 Å². The quantitative estimate of drug-likeness (QED) is 0.0837. The summed E-state index contributed by atoms with van der Waals surface area (Å²) in [5.41, 5.74) is 4.42. The van der Waals surface area contributed by atoms with Crippen LogP contribution in [-0.4, -0.2) is 43.3 Å². The number of rotatable bonds is 10. The highest BCUT2D eigenvalue weighted by Gasteiger charge is 2.50. The topological polar surface area (TPSA) is 29.5 Å². The Morgan fingerprint density at radius 3 is 1.51 bits per heavy atom. The van der Waals surface area contributed by atoms with Gasteiger partial charge in [0.05, 0.1) is 12.1 Å². The molecule has 1 atom stereocenters. The molecule has 0 amide bonds. The zero-order valence-electron chi connectivity index (χ0n) is 29.1. The van der Waals surface area contributed by atoms with E-state index >= 15 is 0 Å². The highest BCUT2D eigenvalue weighted by atomic mass is 32.2.